The molecule has 0 aliphatic carbocycles. The second-order valence-electron chi connectivity index (χ2n) is 9.38. The summed E-state index contributed by atoms with van der Waals surface area (Å²) >= 11 is 0. The van der Waals surface area contributed by atoms with Crippen LogP contribution in [0.15, 0.2) is 71.6 Å². The third kappa shape index (κ3) is 5.02. The molecule has 0 unspecified atom stereocenters. The van der Waals surface area contributed by atoms with Gasteiger partial charge in [0.25, 0.3) is 0 Å². The summed E-state index contributed by atoms with van der Waals surface area (Å²) in [6, 6.07) is 19.3. The van der Waals surface area contributed by atoms with E-state index in [1.165, 1.54) is 0 Å². The molecule has 0 fully saturated rings. The summed E-state index contributed by atoms with van der Waals surface area (Å²) < 4.78 is 31.1. The molecule has 0 saturated heterocycles. The van der Waals surface area contributed by atoms with E-state index < -0.39 is 15.8 Å². The molecule has 3 N–H and O–H groups in total. The van der Waals surface area contributed by atoms with Crippen molar-refractivity contribution in [2.75, 3.05) is 18.3 Å². The van der Waals surface area contributed by atoms with Crippen LogP contribution in [0.2, 0.25) is 0 Å². The molecule has 0 aliphatic rings. The van der Waals surface area contributed by atoms with Gasteiger partial charge in [-0.3, -0.25) is 0 Å². The second-order valence-corrected chi connectivity index (χ2v) is 11.4. The maximum absolute atomic E-state index is 12.9. The van der Waals surface area contributed by atoms with Crippen LogP contribution in [-0.4, -0.2) is 37.5 Å². The van der Waals surface area contributed by atoms with Gasteiger partial charge >= 0.3 is 5.97 Å². The van der Waals surface area contributed by atoms with Gasteiger partial charge in [-0.15, -0.1) is 0 Å². The van der Waals surface area contributed by atoms with Crippen LogP contribution in [0.5, 0.6) is 5.75 Å². The van der Waals surface area contributed by atoms with Gasteiger partial charge < -0.3 is 20.1 Å². The van der Waals surface area contributed by atoms with Gasteiger partial charge in [-0.25, -0.2) is 13.2 Å². The number of sulfone groups is 1. The van der Waals surface area contributed by atoms with Crippen molar-refractivity contribution >= 4 is 32.4 Å². The molecule has 182 valence electrons. The summed E-state index contributed by atoms with van der Waals surface area (Å²) in [6.07, 6.45) is 0. The Balaban J connectivity index is 1.66. The summed E-state index contributed by atoms with van der Waals surface area (Å²) in [5, 5.41) is 13.4. The maximum atomic E-state index is 12.9. The van der Waals surface area contributed by atoms with Crippen LogP contribution >= 0.6 is 0 Å². The Labute approximate surface area is 204 Å². The van der Waals surface area contributed by atoms with Crippen molar-refractivity contribution in [3.63, 3.8) is 0 Å². The number of rotatable bonds is 7. The molecule has 0 aliphatic heterocycles. The largest absolute Gasteiger partial charge is 0.497 e. The van der Waals surface area contributed by atoms with Gasteiger partial charge in [-0.2, -0.15) is 0 Å². The van der Waals surface area contributed by atoms with Crippen molar-refractivity contribution in [1.82, 2.24) is 4.98 Å². The molecule has 4 aromatic rings. The predicted octanol–water partition coefficient (Wildman–Crippen LogP) is 5.68. The average molecular weight is 493 g/mol. The van der Waals surface area contributed by atoms with Gasteiger partial charge in [0.2, 0.25) is 0 Å². The standard InChI is InChI=1S/C27H28N2O5S/c1-27(2,3)18-8-11-21(12-9-18)35(32,33)16-28-19-10-13-23-22(15-19)24(25(29-23)26(30)31)17-6-5-7-20(14-17)34-4/h5-15,28-29H,16H2,1-4H3,(H,30,31). The number of anilines is 1. The molecule has 0 spiro atoms. The minimum absolute atomic E-state index is 0.0527. The van der Waals surface area contributed by atoms with E-state index in [-0.39, 0.29) is 21.9 Å². The number of H-pyrrole nitrogens is 1. The van der Waals surface area contributed by atoms with Crippen molar-refractivity contribution in [3.05, 3.63) is 78.0 Å². The lowest BCUT2D eigenvalue weighted by molar-refractivity contribution is 0.0692. The lowest BCUT2D eigenvalue weighted by Crippen LogP contribution is -2.16. The van der Waals surface area contributed by atoms with E-state index in [0.29, 0.717) is 33.5 Å². The van der Waals surface area contributed by atoms with Crippen LogP contribution in [0.25, 0.3) is 22.0 Å². The molecule has 0 radical (unpaired) electrons. The highest BCUT2D eigenvalue weighted by Crippen LogP contribution is 2.35. The predicted molar refractivity (Wildman–Crippen MR) is 138 cm³/mol. The summed E-state index contributed by atoms with van der Waals surface area (Å²) in [7, 11) is -2.04. The average Bonchev–Trinajstić information content (AvgIpc) is 3.21. The molecular formula is C27H28N2O5S. The highest BCUT2D eigenvalue weighted by atomic mass is 32.2. The first-order chi connectivity index (χ1) is 16.5. The maximum Gasteiger partial charge on any atom is 0.352 e. The first-order valence-electron chi connectivity index (χ1n) is 11.1. The fourth-order valence-corrected chi connectivity index (χ4v) is 5.04. The molecule has 1 heterocycles. The highest BCUT2D eigenvalue weighted by Gasteiger charge is 2.21. The number of aromatic nitrogens is 1. The number of aromatic amines is 1. The van der Waals surface area contributed by atoms with Crippen molar-refractivity contribution in [3.8, 4) is 16.9 Å². The minimum atomic E-state index is -3.58. The lowest BCUT2D eigenvalue weighted by Gasteiger charge is -2.19. The lowest BCUT2D eigenvalue weighted by atomic mass is 9.87. The third-order valence-corrected chi connectivity index (χ3v) is 7.43. The Kier molecular flexibility index (Phi) is 6.34. The van der Waals surface area contributed by atoms with Gasteiger partial charge in [0, 0.05) is 22.2 Å². The summed E-state index contributed by atoms with van der Waals surface area (Å²) in [5.74, 6) is -0.779. The number of hydrogen-bond donors (Lipinski definition) is 3. The highest BCUT2D eigenvalue weighted by molar-refractivity contribution is 7.91. The van der Waals surface area contributed by atoms with Crippen LogP contribution < -0.4 is 10.1 Å². The zero-order chi connectivity index (χ0) is 25.4. The minimum Gasteiger partial charge on any atom is -0.497 e. The van der Waals surface area contributed by atoms with Crippen LogP contribution in [0, 0.1) is 0 Å². The summed E-state index contributed by atoms with van der Waals surface area (Å²) in [5.41, 5.74) is 3.42. The number of aromatic carboxylic acids is 1. The fourth-order valence-electron chi connectivity index (χ4n) is 3.96. The van der Waals surface area contributed by atoms with Crippen LogP contribution in [-0.2, 0) is 15.3 Å². The zero-order valence-corrected chi connectivity index (χ0v) is 20.9. The van der Waals surface area contributed by atoms with Crippen LogP contribution in [0.4, 0.5) is 5.69 Å². The van der Waals surface area contributed by atoms with Crippen molar-refractivity contribution in [2.24, 2.45) is 0 Å². The molecule has 4 rings (SSSR count). The fraction of sp³-hybridized carbons (Fsp3) is 0.222. The topological polar surface area (TPSA) is 108 Å². The quantitative estimate of drug-likeness (QED) is 0.306. The molecule has 7 nitrogen and oxygen atoms in total. The van der Waals surface area contributed by atoms with Crippen molar-refractivity contribution < 1.29 is 23.1 Å². The molecule has 1 aromatic heterocycles. The number of hydrogen-bond acceptors (Lipinski definition) is 5. The number of fused-ring (bicyclic) bond motifs is 1. The van der Waals surface area contributed by atoms with E-state index in [9.17, 15) is 18.3 Å². The normalized spacial score (nSPS) is 12.0. The SMILES string of the molecule is COc1cccc(-c2c(C(=O)O)[nH]c3ccc(NCS(=O)(=O)c4ccc(C(C)(C)C)cc4)cc23)c1. The Morgan fingerprint density at radius 3 is 2.37 bits per heavy atom. The van der Waals surface area contributed by atoms with Crippen LogP contribution in [0.1, 0.15) is 36.8 Å². The molecular weight excluding hydrogens is 464 g/mol. The number of carboxylic acids is 1. The van der Waals surface area contributed by atoms with E-state index in [1.807, 2.05) is 18.2 Å². The first-order valence-corrected chi connectivity index (χ1v) is 12.8. The molecule has 8 heteroatoms. The second kappa shape index (κ2) is 9.11. The van der Waals surface area contributed by atoms with Crippen molar-refractivity contribution in [2.45, 2.75) is 31.1 Å². The van der Waals surface area contributed by atoms with E-state index >= 15 is 0 Å². The number of benzene rings is 3. The third-order valence-electron chi connectivity index (χ3n) is 5.92. The van der Waals surface area contributed by atoms with Crippen molar-refractivity contribution in [1.29, 1.82) is 0 Å². The molecule has 0 bridgehead atoms. The monoisotopic (exact) mass is 492 g/mol. The Morgan fingerprint density at radius 2 is 1.74 bits per heavy atom. The van der Waals surface area contributed by atoms with Crippen LogP contribution in [0.3, 0.4) is 0 Å². The zero-order valence-electron chi connectivity index (χ0n) is 20.0. The van der Waals surface area contributed by atoms with Gasteiger partial charge in [0.15, 0.2) is 9.84 Å². The summed E-state index contributed by atoms with van der Waals surface area (Å²) in [6.45, 7) is 6.22. The summed E-state index contributed by atoms with van der Waals surface area (Å²) in [4.78, 5) is 15.1. The Hall–Kier alpha value is -3.78. The molecule has 0 atom stereocenters. The van der Waals surface area contributed by atoms with Gasteiger partial charge in [-0.1, -0.05) is 45.0 Å². The smallest absolute Gasteiger partial charge is 0.352 e. The van der Waals surface area contributed by atoms with E-state index in [1.54, 1.807) is 55.6 Å². The first kappa shape index (κ1) is 24.3. The number of carbonyl (C=O) groups is 1. The van der Waals surface area contributed by atoms with Gasteiger partial charge in [-0.05, 0) is 59.0 Å². The van der Waals surface area contributed by atoms with E-state index in [2.05, 4.69) is 31.1 Å². The number of nitrogens with one attached hydrogen (secondary N) is 2. The number of carboxylic acid groups (broad SMARTS) is 1. The number of methoxy groups -OCH3 is 1. The Morgan fingerprint density at radius 1 is 1.03 bits per heavy atom. The van der Waals surface area contributed by atoms with E-state index in [0.717, 1.165) is 5.56 Å². The molecule has 3 aromatic carbocycles. The Bertz CT molecular complexity index is 1500. The number of ether oxygens (including phenoxy) is 1. The molecule has 35 heavy (non-hydrogen) atoms. The molecule has 0 amide bonds. The molecule has 0 saturated carbocycles. The van der Waals surface area contributed by atoms with Gasteiger partial charge in [0.1, 0.15) is 17.3 Å². The van der Waals surface area contributed by atoms with E-state index in [4.69, 9.17) is 4.74 Å². The van der Waals surface area contributed by atoms with Gasteiger partial charge in [0.05, 0.1) is 12.0 Å².